The standard InChI is InChI=1S/C17H27N5O.2ClH/c23-16(21-13-12-20-10-2-1-4-15(20)14-21)17(5-8-18-9-6-17)22-11-3-7-19-22;;/h3,7,11,15,18H,1-2,4-6,8-10,12-14H2;2*1H. The Labute approximate surface area is 162 Å². The van der Waals surface area contributed by atoms with Crippen LogP contribution in [-0.2, 0) is 10.3 Å². The fourth-order valence-corrected chi connectivity index (χ4v) is 4.54. The van der Waals surface area contributed by atoms with Gasteiger partial charge in [-0.1, -0.05) is 6.42 Å². The number of nitrogens with zero attached hydrogens (tertiary/aromatic N) is 4. The van der Waals surface area contributed by atoms with Gasteiger partial charge in [-0.3, -0.25) is 14.4 Å². The lowest BCUT2D eigenvalue weighted by atomic mass is 9.86. The second kappa shape index (κ2) is 8.71. The van der Waals surface area contributed by atoms with Crippen LogP contribution >= 0.6 is 24.8 Å². The monoisotopic (exact) mass is 389 g/mol. The molecule has 142 valence electrons. The van der Waals surface area contributed by atoms with Crippen LogP contribution in [0.4, 0.5) is 0 Å². The first-order valence-corrected chi connectivity index (χ1v) is 9.04. The molecule has 1 N–H and O–H groups in total. The SMILES string of the molecule is Cl.Cl.O=C(N1CCN2CCCCC2C1)C1(n2cccn2)CCNCC1. The molecule has 4 heterocycles. The predicted molar refractivity (Wildman–Crippen MR) is 103 cm³/mol. The fraction of sp³-hybridized carbons (Fsp3) is 0.765. The van der Waals surface area contributed by atoms with Crippen molar-refractivity contribution in [2.45, 2.75) is 43.7 Å². The summed E-state index contributed by atoms with van der Waals surface area (Å²) >= 11 is 0. The number of carbonyl (C=O) groups excluding carboxylic acids is 1. The number of hydrogen-bond donors (Lipinski definition) is 1. The summed E-state index contributed by atoms with van der Waals surface area (Å²) < 4.78 is 1.92. The third-order valence-electron chi connectivity index (χ3n) is 5.90. The van der Waals surface area contributed by atoms with Crippen LogP contribution in [-0.4, -0.2) is 70.8 Å². The van der Waals surface area contributed by atoms with Crippen molar-refractivity contribution in [3.63, 3.8) is 0 Å². The highest BCUT2D eigenvalue weighted by Crippen LogP contribution is 2.31. The zero-order valence-corrected chi connectivity index (χ0v) is 16.2. The summed E-state index contributed by atoms with van der Waals surface area (Å²) in [5.74, 6) is 0.285. The van der Waals surface area contributed by atoms with E-state index in [9.17, 15) is 4.79 Å². The normalized spacial score (nSPS) is 26.1. The third-order valence-corrected chi connectivity index (χ3v) is 5.90. The van der Waals surface area contributed by atoms with Crippen molar-refractivity contribution < 1.29 is 4.79 Å². The Balaban J connectivity index is 0.00000113. The van der Waals surface area contributed by atoms with Gasteiger partial charge in [0, 0.05) is 38.1 Å². The quantitative estimate of drug-likeness (QED) is 0.832. The van der Waals surface area contributed by atoms with E-state index in [4.69, 9.17) is 0 Å². The molecule has 0 aromatic carbocycles. The molecule has 3 aliphatic rings. The molecule has 1 aromatic heterocycles. The maximum absolute atomic E-state index is 13.5. The molecule has 1 unspecified atom stereocenters. The minimum Gasteiger partial charge on any atom is -0.338 e. The Morgan fingerprint density at radius 2 is 1.92 bits per heavy atom. The number of piperazine rings is 1. The van der Waals surface area contributed by atoms with Crippen LogP contribution in [0.2, 0.25) is 0 Å². The van der Waals surface area contributed by atoms with Gasteiger partial charge in [-0.15, -0.1) is 24.8 Å². The number of rotatable bonds is 2. The summed E-state index contributed by atoms with van der Waals surface area (Å²) in [5, 5.41) is 7.82. The molecule has 3 fully saturated rings. The lowest BCUT2D eigenvalue weighted by Crippen LogP contribution is -2.62. The van der Waals surface area contributed by atoms with E-state index in [1.54, 1.807) is 6.20 Å². The van der Waals surface area contributed by atoms with Crippen molar-refractivity contribution in [2.24, 2.45) is 0 Å². The molecular formula is C17H29Cl2N5O. The molecule has 25 heavy (non-hydrogen) atoms. The van der Waals surface area contributed by atoms with Crippen LogP contribution in [0, 0.1) is 0 Å². The van der Waals surface area contributed by atoms with Crippen LogP contribution < -0.4 is 5.32 Å². The zero-order chi connectivity index (χ0) is 15.7. The van der Waals surface area contributed by atoms with E-state index in [2.05, 4.69) is 20.2 Å². The Hall–Kier alpha value is -0.820. The number of hydrogen-bond acceptors (Lipinski definition) is 4. The first-order chi connectivity index (χ1) is 11.3. The summed E-state index contributed by atoms with van der Waals surface area (Å²) in [6, 6.07) is 2.49. The number of halogens is 2. The number of aromatic nitrogens is 2. The lowest BCUT2D eigenvalue weighted by Gasteiger charge is -2.47. The van der Waals surface area contributed by atoms with E-state index in [0.29, 0.717) is 6.04 Å². The van der Waals surface area contributed by atoms with E-state index in [1.165, 1.54) is 25.8 Å². The summed E-state index contributed by atoms with van der Waals surface area (Å²) in [5.41, 5.74) is -0.481. The fourth-order valence-electron chi connectivity index (χ4n) is 4.54. The first kappa shape index (κ1) is 20.5. The molecule has 3 aliphatic heterocycles. The zero-order valence-electron chi connectivity index (χ0n) is 14.6. The van der Waals surface area contributed by atoms with Gasteiger partial charge in [-0.25, -0.2) is 0 Å². The Kier molecular flexibility index (Phi) is 7.14. The van der Waals surface area contributed by atoms with Gasteiger partial charge in [0.1, 0.15) is 5.54 Å². The van der Waals surface area contributed by atoms with Gasteiger partial charge in [0.15, 0.2) is 0 Å². The van der Waals surface area contributed by atoms with Crippen LogP contribution in [0.5, 0.6) is 0 Å². The highest BCUT2D eigenvalue weighted by atomic mass is 35.5. The molecule has 6 nitrogen and oxygen atoms in total. The number of piperidine rings is 2. The molecule has 1 aromatic rings. The van der Waals surface area contributed by atoms with Crippen molar-refractivity contribution in [3.05, 3.63) is 18.5 Å². The highest BCUT2D eigenvalue weighted by molar-refractivity contribution is 5.86. The second-order valence-electron chi connectivity index (χ2n) is 7.17. The molecule has 0 saturated carbocycles. The van der Waals surface area contributed by atoms with Gasteiger partial charge >= 0.3 is 0 Å². The van der Waals surface area contributed by atoms with E-state index < -0.39 is 5.54 Å². The van der Waals surface area contributed by atoms with Crippen molar-refractivity contribution in [2.75, 3.05) is 39.3 Å². The van der Waals surface area contributed by atoms with Gasteiger partial charge in [0.25, 0.3) is 5.91 Å². The second-order valence-corrected chi connectivity index (χ2v) is 7.17. The molecule has 3 saturated heterocycles. The lowest BCUT2D eigenvalue weighted by molar-refractivity contribution is -0.146. The number of carbonyl (C=O) groups is 1. The summed E-state index contributed by atoms with van der Waals surface area (Å²) in [6.07, 6.45) is 9.26. The Morgan fingerprint density at radius 3 is 2.64 bits per heavy atom. The van der Waals surface area contributed by atoms with Crippen molar-refractivity contribution in [3.8, 4) is 0 Å². The average molecular weight is 390 g/mol. The Bertz CT molecular complexity index is 547. The third kappa shape index (κ3) is 3.82. The number of fused-ring (bicyclic) bond motifs is 1. The summed E-state index contributed by atoms with van der Waals surface area (Å²) in [4.78, 5) is 18.2. The predicted octanol–water partition coefficient (Wildman–Crippen LogP) is 1.50. The van der Waals surface area contributed by atoms with Crippen LogP contribution in [0.3, 0.4) is 0 Å². The van der Waals surface area contributed by atoms with Gasteiger partial charge in [-0.05, 0) is 51.4 Å². The maximum atomic E-state index is 13.5. The van der Waals surface area contributed by atoms with E-state index in [1.807, 2.05) is 16.9 Å². The molecule has 1 amide bonds. The minimum atomic E-state index is -0.481. The molecular weight excluding hydrogens is 361 g/mol. The van der Waals surface area contributed by atoms with Crippen molar-refractivity contribution in [1.82, 2.24) is 24.9 Å². The molecule has 0 aliphatic carbocycles. The van der Waals surface area contributed by atoms with E-state index in [-0.39, 0.29) is 30.7 Å². The van der Waals surface area contributed by atoms with Crippen molar-refractivity contribution >= 4 is 30.7 Å². The van der Waals surface area contributed by atoms with Gasteiger partial charge in [0.2, 0.25) is 0 Å². The molecule has 0 bridgehead atoms. The molecule has 8 heteroatoms. The number of amides is 1. The van der Waals surface area contributed by atoms with Crippen LogP contribution in [0.1, 0.15) is 32.1 Å². The average Bonchev–Trinajstić information content (AvgIpc) is 3.16. The minimum absolute atomic E-state index is 0. The largest absolute Gasteiger partial charge is 0.338 e. The van der Waals surface area contributed by atoms with Crippen molar-refractivity contribution in [1.29, 1.82) is 0 Å². The highest BCUT2D eigenvalue weighted by Gasteiger charge is 2.46. The van der Waals surface area contributed by atoms with Crippen LogP contribution in [0.15, 0.2) is 18.5 Å². The molecule has 0 spiro atoms. The summed E-state index contributed by atoms with van der Waals surface area (Å²) in [7, 11) is 0. The number of nitrogens with one attached hydrogen (secondary N) is 1. The molecule has 1 atom stereocenters. The van der Waals surface area contributed by atoms with E-state index >= 15 is 0 Å². The van der Waals surface area contributed by atoms with E-state index in [0.717, 1.165) is 45.6 Å². The smallest absolute Gasteiger partial charge is 0.250 e. The van der Waals surface area contributed by atoms with Gasteiger partial charge < -0.3 is 10.2 Å². The topological polar surface area (TPSA) is 53.4 Å². The van der Waals surface area contributed by atoms with Gasteiger partial charge in [-0.2, -0.15) is 5.10 Å². The Morgan fingerprint density at radius 1 is 1.12 bits per heavy atom. The van der Waals surface area contributed by atoms with Gasteiger partial charge in [0.05, 0.1) is 0 Å². The van der Waals surface area contributed by atoms with Crippen LogP contribution in [0.25, 0.3) is 0 Å². The maximum Gasteiger partial charge on any atom is 0.250 e. The molecule has 0 radical (unpaired) electrons. The first-order valence-electron chi connectivity index (χ1n) is 9.04. The molecule has 4 rings (SSSR count). The summed E-state index contributed by atoms with van der Waals surface area (Å²) in [6.45, 7) is 5.77.